The number of carbonyl (C=O) groups is 2. The van der Waals surface area contributed by atoms with Gasteiger partial charge in [0.1, 0.15) is 0 Å². The number of pyridine rings is 1. The number of halogens is 1. The smallest absolute Gasteiger partial charge is 0.339 e. The van der Waals surface area contributed by atoms with E-state index >= 15 is 0 Å². The lowest BCUT2D eigenvalue weighted by Gasteiger charge is -2.26. The van der Waals surface area contributed by atoms with Crippen molar-refractivity contribution in [1.29, 1.82) is 0 Å². The van der Waals surface area contributed by atoms with Gasteiger partial charge in [-0.1, -0.05) is 41.9 Å². The molecule has 2 heterocycles. The van der Waals surface area contributed by atoms with E-state index in [0.29, 0.717) is 53.6 Å². The number of morpholine rings is 1. The standard InChI is InChI=1S/C28H24ClN3O6S/c29-20-7-5-19(6-8-20)26-17-24(23-3-1-2-4-25(23)31-26)28(34)38-18-27(33)30-21-9-11-22(12-10-21)39(35,36)32-13-15-37-16-14-32/h1-12,17H,13-16,18H2,(H,30,33). The number of para-hydroxylation sites is 1. The molecule has 1 aromatic heterocycles. The number of aromatic nitrogens is 1. The van der Waals surface area contributed by atoms with Crippen molar-refractivity contribution in [2.75, 3.05) is 38.2 Å². The van der Waals surface area contributed by atoms with Crippen molar-refractivity contribution in [3.8, 4) is 11.3 Å². The number of fused-ring (bicyclic) bond motifs is 1. The molecule has 11 heteroatoms. The molecule has 1 fully saturated rings. The first kappa shape index (κ1) is 26.8. The maximum Gasteiger partial charge on any atom is 0.339 e. The van der Waals surface area contributed by atoms with Crippen LogP contribution in [0.3, 0.4) is 0 Å². The summed E-state index contributed by atoms with van der Waals surface area (Å²) in [6.07, 6.45) is 0. The van der Waals surface area contributed by atoms with Crippen LogP contribution in [-0.2, 0) is 24.3 Å². The van der Waals surface area contributed by atoms with E-state index in [1.165, 1.54) is 28.6 Å². The van der Waals surface area contributed by atoms with Gasteiger partial charge in [-0.2, -0.15) is 4.31 Å². The van der Waals surface area contributed by atoms with Crippen molar-refractivity contribution in [3.63, 3.8) is 0 Å². The molecule has 200 valence electrons. The monoisotopic (exact) mass is 565 g/mol. The van der Waals surface area contributed by atoms with Crippen LogP contribution in [0.5, 0.6) is 0 Å². The van der Waals surface area contributed by atoms with Gasteiger partial charge in [-0.3, -0.25) is 4.79 Å². The molecule has 3 aromatic carbocycles. The summed E-state index contributed by atoms with van der Waals surface area (Å²) in [5, 5.41) is 3.79. The Morgan fingerprint density at radius 2 is 1.67 bits per heavy atom. The molecule has 1 saturated heterocycles. The Balaban J connectivity index is 1.26. The Labute approximate surface area is 230 Å². The zero-order chi connectivity index (χ0) is 27.4. The highest BCUT2D eigenvalue weighted by molar-refractivity contribution is 7.89. The number of esters is 1. The van der Waals surface area contributed by atoms with Crippen molar-refractivity contribution in [2.24, 2.45) is 0 Å². The van der Waals surface area contributed by atoms with Gasteiger partial charge in [0.15, 0.2) is 6.61 Å². The van der Waals surface area contributed by atoms with Gasteiger partial charge in [-0.25, -0.2) is 18.2 Å². The van der Waals surface area contributed by atoms with Gasteiger partial charge in [-0.05, 0) is 48.5 Å². The summed E-state index contributed by atoms with van der Waals surface area (Å²) in [6.45, 7) is 0.757. The molecule has 4 aromatic rings. The normalized spacial score (nSPS) is 14.2. The average Bonchev–Trinajstić information content (AvgIpc) is 2.96. The molecule has 9 nitrogen and oxygen atoms in total. The first-order valence-corrected chi connectivity index (χ1v) is 13.9. The lowest BCUT2D eigenvalue weighted by Crippen LogP contribution is -2.40. The summed E-state index contributed by atoms with van der Waals surface area (Å²) >= 11 is 6.00. The van der Waals surface area contributed by atoms with E-state index in [9.17, 15) is 18.0 Å². The summed E-state index contributed by atoms with van der Waals surface area (Å²) in [5.74, 6) is -1.24. The molecular formula is C28H24ClN3O6S. The molecule has 1 aliphatic rings. The quantitative estimate of drug-likeness (QED) is 0.331. The van der Waals surface area contributed by atoms with Gasteiger partial charge in [0.2, 0.25) is 10.0 Å². The van der Waals surface area contributed by atoms with Gasteiger partial charge in [-0.15, -0.1) is 0 Å². The molecule has 0 unspecified atom stereocenters. The number of hydrogen-bond acceptors (Lipinski definition) is 7. The van der Waals surface area contributed by atoms with E-state index in [4.69, 9.17) is 21.1 Å². The van der Waals surface area contributed by atoms with Crippen LogP contribution in [-0.4, -0.2) is 62.5 Å². The van der Waals surface area contributed by atoms with E-state index < -0.39 is 28.5 Å². The third-order valence-corrected chi connectivity index (χ3v) is 8.32. The molecule has 1 N–H and O–H groups in total. The Morgan fingerprint density at radius 3 is 2.38 bits per heavy atom. The van der Waals surface area contributed by atoms with Crippen LogP contribution < -0.4 is 5.32 Å². The van der Waals surface area contributed by atoms with E-state index in [2.05, 4.69) is 10.3 Å². The Hall–Kier alpha value is -3.83. The second-order valence-corrected chi connectivity index (χ2v) is 11.1. The fraction of sp³-hybridized carbons (Fsp3) is 0.179. The predicted octanol–water partition coefficient (Wildman–Crippen LogP) is 4.37. The molecule has 39 heavy (non-hydrogen) atoms. The number of sulfonamides is 1. The number of anilines is 1. The van der Waals surface area contributed by atoms with E-state index in [0.717, 1.165) is 5.56 Å². The third-order valence-electron chi connectivity index (χ3n) is 6.16. The number of benzene rings is 3. The van der Waals surface area contributed by atoms with Crippen LogP contribution in [0.1, 0.15) is 10.4 Å². The summed E-state index contributed by atoms with van der Waals surface area (Å²) < 4.78 is 37.4. The fourth-order valence-corrected chi connectivity index (χ4v) is 5.70. The lowest BCUT2D eigenvalue weighted by molar-refractivity contribution is -0.119. The van der Waals surface area contributed by atoms with Crippen molar-refractivity contribution >= 4 is 50.1 Å². The maximum absolute atomic E-state index is 13.0. The van der Waals surface area contributed by atoms with Gasteiger partial charge in [0, 0.05) is 34.7 Å². The summed E-state index contributed by atoms with van der Waals surface area (Å²) in [6, 6.07) is 21.7. The van der Waals surface area contributed by atoms with Crippen molar-refractivity contribution in [2.45, 2.75) is 4.90 Å². The SMILES string of the molecule is O=C(COC(=O)c1cc(-c2ccc(Cl)cc2)nc2ccccc12)Nc1ccc(S(=O)(=O)N2CCOCC2)cc1. The van der Waals surface area contributed by atoms with E-state index in [1.807, 2.05) is 6.07 Å². The Morgan fingerprint density at radius 1 is 0.974 bits per heavy atom. The van der Waals surface area contributed by atoms with Crippen molar-refractivity contribution < 1.29 is 27.5 Å². The Kier molecular flexibility index (Phi) is 7.89. The number of rotatable bonds is 7. The van der Waals surface area contributed by atoms with Crippen LogP contribution in [0.2, 0.25) is 5.02 Å². The second kappa shape index (κ2) is 11.5. The molecule has 0 saturated carbocycles. The molecule has 5 rings (SSSR count). The number of nitrogens with one attached hydrogen (secondary N) is 1. The lowest BCUT2D eigenvalue weighted by atomic mass is 10.0. The highest BCUT2D eigenvalue weighted by atomic mass is 35.5. The molecule has 1 aliphatic heterocycles. The predicted molar refractivity (Wildman–Crippen MR) is 147 cm³/mol. The van der Waals surface area contributed by atoms with Gasteiger partial charge < -0.3 is 14.8 Å². The van der Waals surface area contributed by atoms with Gasteiger partial charge in [0.25, 0.3) is 5.91 Å². The number of ether oxygens (including phenoxy) is 2. The minimum Gasteiger partial charge on any atom is -0.452 e. The molecule has 0 radical (unpaired) electrons. The molecule has 0 atom stereocenters. The second-order valence-electron chi connectivity index (χ2n) is 8.74. The largest absolute Gasteiger partial charge is 0.452 e. The highest BCUT2D eigenvalue weighted by Crippen LogP contribution is 2.26. The van der Waals surface area contributed by atoms with Crippen LogP contribution in [0, 0.1) is 0 Å². The summed E-state index contributed by atoms with van der Waals surface area (Å²) in [7, 11) is -3.64. The average molecular weight is 566 g/mol. The minimum absolute atomic E-state index is 0.120. The maximum atomic E-state index is 13.0. The highest BCUT2D eigenvalue weighted by Gasteiger charge is 2.26. The van der Waals surface area contributed by atoms with Gasteiger partial charge in [0.05, 0.1) is 34.9 Å². The molecule has 0 bridgehead atoms. The van der Waals surface area contributed by atoms with Crippen LogP contribution >= 0.6 is 11.6 Å². The minimum atomic E-state index is -3.64. The first-order chi connectivity index (χ1) is 18.8. The molecule has 0 aliphatic carbocycles. The van der Waals surface area contributed by atoms with Crippen LogP contribution in [0.4, 0.5) is 5.69 Å². The van der Waals surface area contributed by atoms with Crippen LogP contribution in [0.25, 0.3) is 22.2 Å². The van der Waals surface area contributed by atoms with E-state index in [1.54, 1.807) is 48.5 Å². The zero-order valence-corrected chi connectivity index (χ0v) is 22.2. The zero-order valence-electron chi connectivity index (χ0n) is 20.7. The van der Waals surface area contributed by atoms with E-state index in [-0.39, 0.29) is 10.5 Å². The third kappa shape index (κ3) is 6.10. The molecule has 1 amide bonds. The van der Waals surface area contributed by atoms with Crippen molar-refractivity contribution in [1.82, 2.24) is 9.29 Å². The first-order valence-electron chi connectivity index (χ1n) is 12.1. The molecular weight excluding hydrogens is 542 g/mol. The summed E-state index contributed by atoms with van der Waals surface area (Å²) in [4.78, 5) is 30.3. The summed E-state index contributed by atoms with van der Waals surface area (Å²) in [5.41, 5.74) is 2.59. The van der Waals surface area contributed by atoms with Crippen molar-refractivity contribution in [3.05, 3.63) is 89.4 Å². The Bertz CT molecular complexity index is 1620. The fourth-order valence-electron chi connectivity index (χ4n) is 4.17. The molecule has 0 spiro atoms. The number of amides is 1. The number of nitrogens with zero attached hydrogens (tertiary/aromatic N) is 2. The van der Waals surface area contributed by atoms with Crippen LogP contribution in [0.15, 0.2) is 83.8 Å². The number of hydrogen-bond donors (Lipinski definition) is 1. The van der Waals surface area contributed by atoms with Gasteiger partial charge >= 0.3 is 5.97 Å². The topological polar surface area (TPSA) is 115 Å². The number of carbonyl (C=O) groups excluding carboxylic acids is 2.